The molecule has 1 amide bonds. The van der Waals surface area contributed by atoms with Gasteiger partial charge in [0.05, 0.1) is 15.8 Å². The van der Waals surface area contributed by atoms with Crippen LogP contribution in [0.5, 0.6) is 0 Å². The highest BCUT2D eigenvalue weighted by molar-refractivity contribution is 8.03. The van der Waals surface area contributed by atoms with Crippen molar-refractivity contribution in [2.75, 3.05) is 0 Å². The Labute approximate surface area is 214 Å². The predicted octanol–water partition coefficient (Wildman–Crippen LogP) is 2.82. The second kappa shape index (κ2) is 9.77. The Kier molecular flexibility index (Phi) is 7.52. The topological polar surface area (TPSA) is 164 Å². The quantitative estimate of drug-likeness (QED) is 0.469. The molecule has 11 nitrogen and oxygen atoms in total. The van der Waals surface area contributed by atoms with Gasteiger partial charge < -0.3 is 10.6 Å². The van der Waals surface area contributed by atoms with Crippen LogP contribution in [0.2, 0.25) is 0 Å². The van der Waals surface area contributed by atoms with Gasteiger partial charge in [-0.3, -0.25) is 4.79 Å². The van der Waals surface area contributed by atoms with Gasteiger partial charge in [-0.25, -0.2) is 26.5 Å². The van der Waals surface area contributed by atoms with E-state index in [9.17, 15) is 48.0 Å². The number of hydrogen-bond donors (Lipinski definition) is 2. The summed E-state index contributed by atoms with van der Waals surface area (Å²) in [5, 5.41) is 18.2. The summed E-state index contributed by atoms with van der Waals surface area (Å²) in [6.45, 7) is 2.80. The van der Waals surface area contributed by atoms with Crippen LogP contribution >= 0.6 is 11.8 Å². The van der Waals surface area contributed by atoms with E-state index in [1.807, 2.05) is 6.07 Å². The standard InChI is InChI=1S/C18H14F6N6O5S3/c1-8(14-28-9(2)29-30(14)16-26-7-11(6-25)36-16)27-15(31)10-3-12(37(32,33)17(19,20)21)5-13(4-10)38(34,35)18(22,23)24/h3-5,7-8,16,26H,1-2H3,(H,27,31)/t8-,16?/m0/s1. The number of aryl methyl sites for hydroxylation is 1. The lowest BCUT2D eigenvalue weighted by Crippen LogP contribution is -2.31. The maximum atomic E-state index is 13.1. The summed E-state index contributed by atoms with van der Waals surface area (Å²) in [5.74, 6) is -1.17. The smallest absolute Gasteiger partial charge is 0.359 e. The normalized spacial score (nSPS) is 17.3. The lowest BCUT2D eigenvalue weighted by atomic mass is 10.2. The molecule has 0 aliphatic carbocycles. The van der Waals surface area contributed by atoms with E-state index in [0.29, 0.717) is 0 Å². The number of carbonyl (C=O) groups is 1. The predicted molar refractivity (Wildman–Crippen MR) is 117 cm³/mol. The van der Waals surface area contributed by atoms with Gasteiger partial charge in [-0.05, 0) is 32.0 Å². The first-order valence-electron chi connectivity index (χ1n) is 9.84. The lowest BCUT2D eigenvalue weighted by Gasteiger charge is -2.19. The van der Waals surface area contributed by atoms with Crippen LogP contribution in [0, 0.1) is 18.3 Å². The average Bonchev–Trinajstić information content (AvgIpc) is 3.43. The van der Waals surface area contributed by atoms with Gasteiger partial charge in [0.1, 0.15) is 16.8 Å². The first kappa shape index (κ1) is 29.2. The zero-order valence-corrected chi connectivity index (χ0v) is 21.2. The van der Waals surface area contributed by atoms with Crippen molar-refractivity contribution in [3.63, 3.8) is 0 Å². The van der Waals surface area contributed by atoms with E-state index in [1.54, 1.807) is 0 Å². The van der Waals surface area contributed by atoms with Crippen molar-refractivity contribution < 1.29 is 48.0 Å². The molecule has 0 saturated heterocycles. The van der Waals surface area contributed by atoms with Crippen molar-refractivity contribution in [1.82, 2.24) is 25.4 Å². The Hall–Kier alpha value is -3.31. The molecule has 3 rings (SSSR count). The maximum Gasteiger partial charge on any atom is 0.501 e. The summed E-state index contributed by atoms with van der Waals surface area (Å²) in [4.78, 5) is 13.5. The molecular weight excluding hydrogens is 590 g/mol. The van der Waals surface area contributed by atoms with Crippen molar-refractivity contribution in [2.24, 2.45) is 0 Å². The van der Waals surface area contributed by atoms with Crippen LogP contribution in [-0.4, -0.2) is 48.5 Å². The van der Waals surface area contributed by atoms with Gasteiger partial charge in [0.2, 0.25) is 0 Å². The molecule has 2 N–H and O–H groups in total. The summed E-state index contributed by atoms with van der Waals surface area (Å²) in [7, 11) is -12.7. The Morgan fingerprint density at radius 1 is 1.11 bits per heavy atom. The fourth-order valence-corrected chi connectivity index (χ4v) is 5.61. The number of amides is 1. The number of rotatable bonds is 6. The number of sulfone groups is 2. The van der Waals surface area contributed by atoms with Crippen LogP contribution in [-0.2, 0) is 19.7 Å². The number of halogens is 6. The van der Waals surface area contributed by atoms with Crippen LogP contribution in [0.4, 0.5) is 26.3 Å². The second-order valence-electron chi connectivity index (χ2n) is 7.51. The molecule has 2 aromatic rings. The Morgan fingerprint density at radius 3 is 2.08 bits per heavy atom. The maximum absolute atomic E-state index is 13.1. The molecule has 2 heterocycles. The van der Waals surface area contributed by atoms with E-state index < -0.39 is 63.5 Å². The monoisotopic (exact) mass is 604 g/mol. The van der Waals surface area contributed by atoms with Crippen LogP contribution in [0.25, 0.3) is 0 Å². The molecule has 206 valence electrons. The van der Waals surface area contributed by atoms with E-state index in [-0.39, 0.29) is 34.8 Å². The molecule has 0 fully saturated rings. The van der Waals surface area contributed by atoms with E-state index >= 15 is 0 Å². The minimum absolute atomic E-state index is 0.0376. The van der Waals surface area contributed by atoms with Crippen molar-refractivity contribution in [3.05, 3.63) is 46.5 Å². The number of allylic oxidation sites excluding steroid dienone is 1. The first-order chi connectivity index (χ1) is 17.3. The fraction of sp³-hybridized carbons (Fsp3) is 0.333. The molecule has 0 spiro atoms. The molecule has 1 unspecified atom stereocenters. The number of hydrogen-bond acceptors (Lipinski definition) is 10. The minimum atomic E-state index is -6.35. The van der Waals surface area contributed by atoms with Crippen LogP contribution in [0.15, 0.2) is 39.1 Å². The molecule has 1 aliphatic heterocycles. The highest BCUT2D eigenvalue weighted by atomic mass is 32.2. The summed E-state index contributed by atoms with van der Waals surface area (Å²) >= 11 is 1.03. The van der Waals surface area contributed by atoms with E-state index in [2.05, 4.69) is 20.7 Å². The summed E-state index contributed by atoms with van der Waals surface area (Å²) in [6, 6.07) is 0.649. The van der Waals surface area contributed by atoms with Crippen LogP contribution < -0.4 is 10.6 Å². The van der Waals surface area contributed by atoms with E-state index in [1.165, 1.54) is 24.7 Å². The van der Waals surface area contributed by atoms with Gasteiger partial charge in [0.15, 0.2) is 11.3 Å². The molecule has 1 aromatic carbocycles. The number of benzene rings is 1. The zero-order valence-electron chi connectivity index (χ0n) is 18.8. The highest BCUT2D eigenvalue weighted by Gasteiger charge is 2.50. The Balaban J connectivity index is 2.04. The van der Waals surface area contributed by atoms with Crippen molar-refractivity contribution in [3.8, 4) is 6.07 Å². The molecule has 0 radical (unpaired) electrons. The number of alkyl halides is 6. The number of aromatic nitrogens is 3. The second-order valence-corrected chi connectivity index (χ2v) is 12.5. The Morgan fingerprint density at radius 2 is 1.63 bits per heavy atom. The summed E-state index contributed by atoms with van der Waals surface area (Å²) < 4.78 is 127. The van der Waals surface area contributed by atoms with Crippen molar-refractivity contribution >= 4 is 37.3 Å². The highest BCUT2D eigenvalue weighted by Crippen LogP contribution is 2.36. The van der Waals surface area contributed by atoms with Gasteiger partial charge >= 0.3 is 11.0 Å². The van der Waals surface area contributed by atoms with Crippen molar-refractivity contribution in [1.29, 1.82) is 5.26 Å². The van der Waals surface area contributed by atoms with Crippen LogP contribution in [0.1, 0.15) is 40.5 Å². The average molecular weight is 605 g/mol. The van der Waals surface area contributed by atoms with Gasteiger partial charge in [0, 0.05) is 11.8 Å². The minimum Gasteiger partial charge on any atom is -0.359 e. The molecule has 2 atom stereocenters. The van der Waals surface area contributed by atoms with E-state index in [0.717, 1.165) is 11.8 Å². The third-order valence-corrected chi connectivity index (χ3v) is 8.75. The Bertz CT molecular complexity index is 1510. The van der Waals surface area contributed by atoms with Gasteiger partial charge in [0.25, 0.3) is 25.6 Å². The number of carbonyl (C=O) groups excluding carboxylic acids is 1. The molecule has 38 heavy (non-hydrogen) atoms. The summed E-state index contributed by atoms with van der Waals surface area (Å²) in [5.41, 5.74) is -13.8. The number of thioether (sulfide) groups is 1. The fourth-order valence-electron chi connectivity index (χ4n) is 3.05. The van der Waals surface area contributed by atoms with E-state index in [4.69, 9.17) is 5.26 Å². The number of nitrogens with one attached hydrogen (secondary N) is 2. The van der Waals surface area contributed by atoms with Gasteiger partial charge in [-0.1, -0.05) is 11.8 Å². The lowest BCUT2D eigenvalue weighted by molar-refractivity contribution is -0.0438. The zero-order chi connectivity index (χ0) is 28.8. The molecule has 1 aliphatic rings. The third-order valence-electron chi connectivity index (χ3n) is 4.80. The summed E-state index contributed by atoms with van der Waals surface area (Å²) in [6.07, 6.45) is 1.38. The number of nitrogens with zero attached hydrogens (tertiary/aromatic N) is 4. The molecule has 0 bridgehead atoms. The third kappa shape index (κ3) is 5.44. The van der Waals surface area contributed by atoms with Crippen molar-refractivity contribution in [2.45, 2.75) is 46.2 Å². The molecular formula is C18H14F6N6O5S3. The first-order valence-corrected chi connectivity index (χ1v) is 13.7. The van der Waals surface area contributed by atoms with Gasteiger partial charge in [-0.15, -0.1) is 0 Å². The largest absolute Gasteiger partial charge is 0.501 e. The molecule has 1 aromatic heterocycles. The SMILES string of the molecule is Cc1nc([C@H](C)NC(=O)c2cc(S(=O)(=O)C(F)(F)F)cc(S(=O)(=O)C(F)(F)F)c2)n(C2NC=C(C#N)S2)n1. The van der Waals surface area contributed by atoms with Gasteiger partial charge in [-0.2, -0.15) is 36.7 Å². The molecule has 20 heteroatoms. The van der Waals surface area contributed by atoms with Crippen LogP contribution in [0.3, 0.4) is 0 Å². The molecule has 0 saturated carbocycles. The number of nitriles is 1.